The molecule has 2 fully saturated rings. The zero-order valence-electron chi connectivity index (χ0n) is 12.8. The van der Waals surface area contributed by atoms with E-state index >= 15 is 0 Å². The third-order valence-electron chi connectivity index (χ3n) is 4.44. The molecule has 1 N–H and O–H groups in total. The highest BCUT2D eigenvalue weighted by Gasteiger charge is 2.33. The number of nitrogens with zero attached hydrogens (tertiary/aromatic N) is 4. The fourth-order valence-corrected chi connectivity index (χ4v) is 3.66. The number of nitrogens with one attached hydrogen (secondary N) is 1. The highest BCUT2D eigenvalue weighted by molar-refractivity contribution is 6.30. The maximum atomic E-state index is 11.6. The van der Waals surface area contributed by atoms with Gasteiger partial charge in [0.05, 0.1) is 12.2 Å². The van der Waals surface area contributed by atoms with Crippen molar-refractivity contribution in [3.8, 4) is 0 Å². The molecule has 0 bridgehead atoms. The number of halogens is 1. The first-order valence-electron chi connectivity index (χ1n) is 7.50. The molecule has 1 aromatic heterocycles. The quantitative estimate of drug-likeness (QED) is 0.841. The summed E-state index contributed by atoms with van der Waals surface area (Å²) in [6, 6.07) is -0.0849. The largest absolute Gasteiger partial charge is 0.329 e. The van der Waals surface area contributed by atoms with Crippen molar-refractivity contribution < 1.29 is 9.59 Å². The van der Waals surface area contributed by atoms with Gasteiger partial charge in [0.25, 0.3) is 0 Å². The molecule has 1 aromatic rings. The van der Waals surface area contributed by atoms with Crippen molar-refractivity contribution in [3.63, 3.8) is 0 Å². The fraction of sp³-hybridized carbons (Fsp3) is 0.643. The summed E-state index contributed by atoms with van der Waals surface area (Å²) in [6.45, 7) is 4.09. The van der Waals surface area contributed by atoms with Crippen LogP contribution in [0.5, 0.6) is 0 Å². The summed E-state index contributed by atoms with van der Waals surface area (Å²) in [5, 5.41) is 7.60. The zero-order chi connectivity index (χ0) is 15.9. The number of hydrogen-bond donors (Lipinski definition) is 1. The number of likely N-dealkylation sites (tertiary alicyclic amines) is 1. The van der Waals surface area contributed by atoms with Crippen LogP contribution in [-0.2, 0) is 11.8 Å². The Labute approximate surface area is 134 Å². The Kier molecular flexibility index (Phi) is 4.10. The Morgan fingerprint density at radius 2 is 2.14 bits per heavy atom. The molecule has 0 saturated carbocycles. The van der Waals surface area contributed by atoms with E-state index in [0.29, 0.717) is 18.2 Å². The lowest BCUT2D eigenvalue weighted by Crippen LogP contribution is -2.38. The maximum Gasteiger partial charge on any atom is 0.324 e. The standard InChI is InChI=1S/C14H20ClN5O2/c1-9-12(13(15)18(2)17-9)10-4-3-5-19(10)6-7-20-11(21)8-16-14(20)22/h10H,3-8H2,1-2H3,(H,16,22)/t10-/m1/s1. The van der Waals surface area contributed by atoms with Gasteiger partial charge < -0.3 is 5.32 Å². The second-order valence-electron chi connectivity index (χ2n) is 5.81. The smallest absolute Gasteiger partial charge is 0.324 e. The van der Waals surface area contributed by atoms with Crippen LogP contribution in [0, 0.1) is 6.92 Å². The van der Waals surface area contributed by atoms with Gasteiger partial charge in [0.1, 0.15) is 5.15 Å². The number of imide groups is 1. The first-order valence-corrected chi connectivity index (χ1v) is 7.88. The molecule has 2 saturated heterocycles. The molecule has 0 spiro atoms. The van der Waals surface area contributed by atoms with Crippen molar-refractivity contribution in [2.24, 2.45) is 7.05 Å². The Hall–Kier alpha value is -1.60. The number of rotatable bonds is 4. The summed E-state index contributed by atoms with van der Waals surface area (Å²) in [6.07, 6.45) is 2.10. The van der Waals surface area contributed by atoms with Gasteiger partial charge in [-0.1, -0.05) is 11.6 Å². The Morgan fingerprint density at radius 3 is 2.73 bits per heavy atom. The summed E-state index contributed by atoms with van der Waals surface area (Å²) >= 11 is 6.38. The predicted molar refractivity (Wildman–Crippen MR) is 81.6 cm³/mol. The molecule has 2 aliphatic rings. The van der Waals surface area contributed by atoms with Crippen LogP contribution in [0.4, 0.5) is 4.79 Å². The van der Waals surface area contributed by atoms with E-state index in [9.17, 15) is 9.59 Å². The number of amides is 3. The molecule has 0 unspecified atom stereocenters. The molecule has 0 aromatic carbocycles. The molecule has 3 amide bonds. The molecule has 22 heavy (non-hydrogen) atoms. The normalized spacial score (nSPS) is 22.7. The SMILES string of the molecule is Cc1nn(C)c(Cl)c1[C@H]1CCCN1CCN1C(=O)CNC1=O. The van der Waals surface area contributed by atoms with Gasteiger partial charge in [-0.25, -0.2) is 4.79 Å². The van der Waals surface area contributed by atoms with E-state index in [0.717, 1.165) is 30.6 Å². The lowest BCUT2D eigenvalue weighted by molar-refractivity contribution is -0.125. The average molecular weight is 326 g/mol. The van der Waals surface area contributed by atoms with Crippen LogP contribution in [0.15, 0.2) is 0 Å². The van der Waals surface area contributed by atoms with Gasteiger partial charge in [0, 0.05) is 31.7 Å². The summed E-state index contributed by atoms with van der Waals surface area (Å²) < 4.78 is 1.69. The van der Waals surface area contributed by atoms with Gasteiger partial charge in [-0.3, -0.25) is 19.3 Å². The molecule has 1 atom stereocenters. The summed E-state index contributed by atoms with van der Waals surface area (Å²) in [7, 11) is 1.84. The van der Waals surface area contributed by atoms with Crippen molar-refractivity contribution in [1.29, 1.82) is 0 Å². The van der Waals surface area contributed by atoms with E-state index in [1.807, 2.05) is 14.0 Å². The molecule has 3 rings (SSSR count). The van der Waals surface area contributed by atoms with E-state index in [1.165, 1.54) is 4.90 Å². The second kappa shape index (κ2) is 5.89. The van der Waals surface area contributed by atoms with Crippen molar-refractivity contribution in [3.05, 3.63) is 16.4 Å². The van der Waals surface area contributed by atoms with Crippen LogP contribution >= 0.6 is 11.6 Å². The van der Waals surface area contributed by atoms with Crippen molar-refractivity contribution in [2.45, 2.75) is 25.8 Å². The van der Waals surface area contributed by atoms with Crippen molar-refractivity contribution in [1.82, 2.24) is 24.9 Å². The van der Waals surface area contributed by atoms with Crippen LogP contribution < -0.4 is 5.32 Å². The van der Waals surface area contributed by atoms with Crippen LogP contribution in [0.25, 0.3) is 0 Å². The van der Waals surface area contributed by atoms with Crippen LogP contribution in [0.1, 0.15) is 30.1 Å². The van der Waals surface area contributed by atoms with Crippen molar-refractivity contribution in [2.75, 3.05) is 26.2 Å². The van der Waals surface area contributed by atoms with E-state index in [4.69, 9.17) is 11.6 Å². The minimum Gasteiger partial charge on any atom is -0.329 e. The first kappa shape index (κ1) is 15.3. The molecular formula is C14H20ClN5O2. The van der Waals surface area contributed by atoms with Gasteiger partial charge >= 0.3 is 6.03 Å². The van der Waals surface area contributed by atoms with Crippen LogP contribution in [0.2, 0.25) is 5.15 Å². The molecule has 8 heteroatoms. The van der Waals surface area contributed by atoms with Gasteiger partial charge in [-0.05, 0) is 26.3 Å². The Bertz CT molecular complexity index is 599. The lowest BCUT2D eigenvalue weighted by Gasteiger charge is -2.26. The molecule has 0 aliphatic carbocycles. The third-order valence-corrected chi connectivity index (χ3v) is 4.89. The summed E-state index contributed by atoms with van der Waals surface area (Å²) in [4.78, 5) is 26.8. The van der Waals surface area contributed by atoms with E-state index < -0.39 is 0 Å². The van der Waals surface area contributed by atoms with Crippen LogP contribution in [0.3, 0.4) is 0 Å². The summed E-state index contributed by atoms with van der Waals surface area (Å²) in [5.41, 5.74) is 2.01. The third kappa shape index (κ3) is 2.59. The number of aryl methyl sites for hydroxylation is 2. The van der Waals surface area contributed by atoms with Crippen molar-refractivity contribution >= 4 is 23.5 Å². The molecule has 7 nitrogen and oxygen atoms in total. The van der Waals surface area contributed by atoms with E-state index in [-0.39, 0.29) is 24.5 Å². The Balaban J connectivity index is 1.71. The second-order valence-corrected chi connectivity index (χ2v) is 6.17. The summed E-state index contributed by atoms with van der Waals surface area (Å²) in [5.74, 6) is -0.156. The number of urea groups is 1. The molecule has 2 aliphatic heterocycles. The maximum absolute atomic E-state index is 11.6. The molecule has 120 valence electrons. The topological polar surface area (TPSA) is 70.5 Å². The van der Waals surface area contributed by atoms with Crippen LogP contribution in [-0.4, -0.2) is 57.7 Å². The minimum absolute atomic E-state index is 0.107. The lowest BCUT2D eigenvalue weighted by atomic mass is 10.1. The number of carbonyl (C=O) groups excluding carboxylic acids is 2. The number of aromatic nitrogens is 2. The van der Waals surface area contributed by atoms with Gasteiger partial charge in [-0.2, -0.15) is 5.10 Å². The molecular weight excluding hydrogens is 306 g/mol. The first-order chi connectivity index (χ1) is 10.5. The molecule has 0 radical (unpaired) electrons. The number of carbonyl (C=O) groups is 2. The highest BCUT2D eigenvalue weighted by atomic mass is 35.5. The Morgan fingerprint density at radius 1 is 1.36 bits per heavy atom. The van der Waals surface area contributed by atoms with Gasteiger partial charge in [0.2, 0.25) is 5.91 Å². The van der Waals surface area contributed by atoms with Gasteiger partial charge in [-0.15, -0.1) is 0 Å². The fourth-order valence-electron chi connectivity index (χ4n) is 3.36. The average Bonchev–Trinajstić information content (AvgIpc) is 3.11. The predicted octanol–water partition coefficient (Wildman–Crippen LogP) is 1.07. The zero-order valence-corrected chi connectivity index (χ0v) is 13.6. The highest BCUT2D eigenvalue weighted by Crippen LogP contribution is 2.37. The molecule has 3 heterocycles. The van der Waals surface area contributed by atoms with E-state index in [2.05, 4.69) is 15.3 Å². The van der Waals surface area contributed by atoms with E-state index in [1.54, 1.807) is 4.68 Å². The number of hydrogen-bond acceptors (Lipinski definition) is 4. The minimum atomic E-state index is -0.295. The monoisotopic (exact) mass is 325 g/mol. The van der Waals surface area contributed by atoms with Gasteiger partial charge in [0.15, 0.2) is 0 Å².